The molecule has 3 rings (SSSR count). The molecule has 0 radical (unpaired) electrons. The zero-order valence-electron chi connectivity index (χ0n) is 13.4. The van der Waals surface area contributed by atoms with E-state index in [1.807, 2.05) is 0 Å². The number of hydrogen-bond donors (Lipinski definition) is 1. The predicted octanol–water partition coefficient (Wildman–Crippen LogP) is 4.81. The summed E-state index contributed by atoms with van der Waals surface area (Å²) in [6.45, 7) is 1.44. The van der Waals surface area contributed by atoms with Crippen LogP contribution in [0, 0.1) is 0 Å². The number of nitrogens with one attached hydrogen (secondary N) is 1. The van der Waals surface area contributed by atoms with Gasteiger partial charge in [-0.05, 0) is 50.8 Å². The van der Waals surface area contributed by atoms with Gasteiger partial charge in [0.2, 0.25) is 5.91 Å². The first kappa shape index (κ1) is 17.8. The van der Waals surface area contributed by atoms with E-state index < -0.39 is 23.0 Å². The van der Waals surface area contributed by atoms with Crippen LogP contribution in [0.5, 0.6) is 0 Å². The summed E-state index contributed by atoms with van der Waals surface area (Å²) in [5.74, 6) is -0.248. The molecular formula is C17H16ClF3N2O2. The fourth-order valence-electron chi connectivity index (χ4n) is 2.85. The maximum absolute atomic E-state index is 13.2. The lowest BCUT2D eigenvalue weighted by molar-refractivity contribution is -0.137. The molecule has 4 nitrogen and oxygen atoms in total. The number of carbonyl (C=O) groups is 1. The Kier molecular flexibility index (Phi) is 4.77. The molecular weight excluding hydrogens is 357 g/mol. The van der Waals surface area contributed by atoms with Gasteiger partial charge in [0.1, 0.15) is 5.38 Å². The van der Waals surface area contributed by atoms with Gasteiger partial charge >= 0.3 is 6.18 Å². The van der Waals surface area contributed by atoms with Gasteiger partial charge in [-0.2, -0.15) is 13.2 Å². The van der Waals surface area contributed by atoms with Crippen LogP contribution in [0.15, 0.2) is 22.7 Å². The van der Waals surface area contributed by atoms with Crippen molar-refractivity contribution in [3.05, 3.63) is 35.0 Å². The van der Waals surface area contributed by atoms with Crippen LogP contribution in [0.4, 0.5) is 18.9 Å². The number of amides is 1. The molecule has 1 amide bonds. The molecule has 0 bridgehead atoms. The Morgan fingerprint density at radius 1 is 1.28 bits per heavy atom. The standard InChI is InChI=1S/C17H16ClF3N2O2/c1-9(18)16(24)22-12-7-10(6-11(8-12)17(19,20)21)15-13-4-2-3-5-14(13)23-25-15/h6-9H,2-5H2,1H3,(H,22,24)/t9-/m0/s1. The Morgan fingerprint density at radius 2 is 2.00 bits per heavy atom. The highest BCUT2D eigenvalue weighted by Gasteiger charge is 2.32. The zero-order valence-corrected chi connectivity index (χ0v) is 14.2. The molecule has 1 aliphatic carbocycles. The second-order valence-corrected chi connectivity index (χ2v) is 6.70. The van der Waals surface area contributed by atoms with Crippen molar-refractivity contribution in [3.63, 3.8) is 0 Å². The van der Waals surface area contributed by atoms with Crippen LogP contribution in [0.25, 0.3) is 11.3 Å². The predicted molar refractivity (Wildman–Crippen MR) is 87.5 cm³/mol. The first-order chi connectivity index (χ1) is 11.8. The molecule has 8 heteroatoms. The van der Waals surface area contributed by atoms with Crippen LogP contribution >= 0.6 is 11.6 Å². The second kappa shape index (κ2) is 6.71. The lowest BCUT2D eigenvalue weighted by Crippen LogP contribution is -2.20. The third-order valence-corrected chi connectivity index (χ3v) is 4.31. The number of alkyl halides is 4. The number of carbonyl (C=O) groups excluding carboxylic acids is 1. The molecule has 0 saturated heterocycles. The Balaban J connectivity index is 2.06. The van der Waals surface area contributed by atoms with Crippen LogP contribution in [0.2, 0.25) is 0 Å². The second-order valence-electron chi connectivity index (χ2n) is 6.05. The zero-order chi connectivity index (χ0) is 18.2. The number of anilines is 1. The van der Waals surface area contributed by atoms with E-state index in [0.29, 0.717) is 12.2 Å². The van der Waals surface area contributed by atoms with E-state index >= 15 is 0 Å². The topological polar surface area (TPSA) is 55.1 Å². The Labute approximate surface area is 147 Å². The van der Waals surface area contributed by atoms with Crippen molar-refractivity contribution in [1.29, 1.82) is 0 Å². The van der Waals surface area contributed by atoms with Crippen LogP contribution < -0.4 is 5.32 Å². The van der Waals surface area contributed by atoms with Crippen molar-refractivity contribution in [3.8, 4) is 11.3 Å². The highest BCUT2D eigenvalue weighted by molar-refractivity contribution is 6.32. The van der Waals surface area contributed by atoms with Gasteiger partial charge < -0.3 is 9.84 Å². The van der Waals surface area contributed by atoms with Gasteiger partial charge in [-0.25, -0.2) is 0 Å². The molecule has 2 aromatic rings. The number of aryl methyl sites for hydroxylation is 1. The smallest absolute Gasteiger partial charge is 0.356 e. The summed E-state index contributed by atoms with van der Waals surface area (Å²) in [5.41, 5.74) is 1.02. The number of nitrogens with zero attached hydrogens (tertiary/aromatic N) is 1. The average molecular weight is 373 g/mol. The maximum Gasteiger partial charge on any atom is 0.416 e. The van der Waals surface area contributed by atoms with Gasteiger partial charge in [0, 0.05) is 16.8 Å². The van der Waals surface area contributed by atoms with E-state index in [1.54, 1.807) is 0 Å². The van der Waals surface area contributed by atoms with Gasteiger partial charge in [0.05, 0.1) is 11.3 Å². The van der Waals surface area contributed by atoms with Crippen LogP contribution in [-0.2, 0) is 23.8 Å². The number of aromatic nitrogens is 1. The van der Waals surface area contributed by atoms with E-state index in [9.17, 15) is 18.0 Å². The fourth-order valence-corrected chi connectivity index (χ4v) is 2.91. The quantitative estimate of drug-likeness (QED) is 0.787. The summed E-state index contributed by atoms with van der Waals surface area (Å²) in [7, 11) is 0. The molecule has 1 aliphatic rings. The van der Waals surface area contributed by atoms with E-state index in [0.717, 1.165) is 42.7 Å². The number of benzene rings is 1. The first-order valence-electron chi connectivity index (χ1n) is 7.90. The minimum atomic E-state index is -4.55. The SMILES string of the molecule is C[C@H](Cl)C(=O)Nc1cc(-c2onc3c2CCCC3)cc(C(F)(F)F)c1. The van der Waals surface area contributed by atoms with Gasteiger partial charge in [0.15, 0.2) is 5.76 Å². The summed E-state index contributed by atoms with van der Waals surface area (Å²) < 4.78 is 45.0. The maximum atomic E-state index is 13.2. The van der Waals surface area contributed by atoms with Crippen LogP contribution in [0.1, 0.15) is 36.6 Å². The van der Waals surface area contributed by atoms with Crippen LogP contribution in [0.3, 0.4) is 0 Å². The summed E-state index contributed by atoms with van der Waals surface area (Å²) in [6, 6.07) is 3.33. The van der Waals surface area contributed by atoms with E-state index in [-0.39, 0.29) is 11.3 Å². The van der Waals surface area contributed by atoms with E-state index in [4.69, 9.17) is 16.1 Å². The minimum Gasteiger partial charge on any atom is -0.356 e. The van der Waals surface area contributed by atoms with E-state index in [1.165, 1.54) is 13.0 Å². The third kappa shape index (κ3) is 3.81. The highest BCUT2D eigenvalue weighted by Crippen LogP contribution is 2.38. The van der Waals surface area contributed by atoms with Crippen molar-refractivity contribution in [2.75, 3.05) is 5.32 Å². The molecule has 0 aliphatic heterocycles. The Hall–Kier alpha value is -2.02. The lowest BCUT2D eigenvalue weighted by atomic mass is 9.93. The fraction of sp³-hybridized carbons (Fsp3) is 0.412. The highest BCUT2D eigenvalue weighted by atomic mass is 35.5. The van der Waals surface area contributed by atoms with Gasteiger partial charge in [0.25, 0.3) is 0 Å². The molecule has 1 N–H and O–H groups in total. The minimum absolute atomic E-state index is 0.0169. The number of hydrogen-bond acceptors (Lipinski definition) is 3. The largest absolute Gasteiger partial charge is 0.416 e. The molecule has 0 unspecified atom stereocenters. The molecule has 0 spiro atoms. The van der Waals surface area contributed by atoms with Crippen molar-refractivity contribution in [2.24, 2.45) is 0 Å². The number of halogens is 4. The Bertz CT molecular complexity index is 800. The Morgan fingerprint density at radius 3 is 2.68 bits per heavy atom. The number of rotatable bonds is 3. The van der Waals surface area contributed by atoms with Crippen LogP contribution in [-0.4, -0.2) is 16.4 Å². The first-order valence-corrected chi connectivity index (χ1v) is 8.34. The van der Waals surface area contributed by atoms with Crippen molar-refractivity contribution < 1.29 is 22.5 Å². The summed E-state index contributed by atoms with van der Waals surface area (Å²) in [5, 5.41) is 5.52. The molecule has 134 valence electrons. The molecule has 0 saturated carbocycles. The summed E-state index contributed by atoms with van der Waals surface area (Å²) in [6.07, 6.45) is -1.16. The summed E-state index contributed by atoms with van der Waals surface area (Å²) in [4.78, 5) is 11.7. The monoisotopic (exact) mass is 372 g/mol. The molecule has 1 aromatic carbocycles. The normalized spacial score (nSPS) is 15.6. The molecule has 1 atom stereocenters. The van der Waals surface area contributed by atoms with Gasteiger partial charge in [-0.15, -0.1) is 11.6 Å². The summed E-state index contributed by atoms with van der Waals surface area (Å²) >= 11 is 5.68. The molecule has 0 fully saturated rings. The van der Waals surface area contributed by atoms with Gasteiger partial charge in [-0.1, -0.05) is 5.16 Å². The molecule has 25 heavy (non-hydrogen) atoms. The molecule has 1 heterocycles. The van der Waals surface area contributed by atoms with Crippen molar-refractivity contribution >= 4 is 23.2 Å². The lowest BCUT2D eigenvalue weighted by Gasteiger charge is -2.14. The average Bonchev–Trinajstić information content (AvgIpc) is 2.97. The number of fused-ring (bicyclic) bond motifs is 1. The van der Waals surface area contributed by atoms with Crippen molar-refractivity contribution in [1.82, 2.24) is 5.16 Å². The van der Waals surface area contributed by atoms with Crippen molar-refractivity contribution in [2.45, 2.75) is 44.2 Å². The third-order valence-electron chi connectivity index (χ3n) is 4.11. The molecule has 1 aromatic heterocycles. The van der Waals surface area contributed by atoms with E-state index in [2.05, 4.69) is 10.5 Å². The van der Waals surface area contributed by atoms with Gasteiger partial charge in [-0.3, -0.25) is 4.79 Å².